The van der Waals surface area contributed by atoms with Gasteiger partial charge in [0.05, 0.1) is 0 Å². The lowest BCUT2D eigenvalue weighted by Crippen LogP contribution is -2.31. The van der Waals surface area contributed by atoms with Gasteiger partial charge < -0.3 is 9.64 Å². The van der Waals surface area contributed by atoms with Gasteiger partial charge in [-0.25, -0.2) is 0 Å². The standard InChI is InChI=1S/C19H22ClNO2/c1-3-4-5-15-6-10-17(11-7-15)21(2)19(22)14-23-18-12-8-16(20)9-13-18/h6-13H,3-5,14H2,1-2H3. The largest absolute Gasteiger partial charge is 0.484 e. The first-order valence-corrected chi connectivity index (χ1v) is 8.22. The summed E-state index contributed by atoms with van der Waals surface area (Å²) in [6.45, 7) is 2.18. The predicted octanol–water partition coefficient (Wildman–Crippen LogP) is 4.72. The summed E-state index contributed by atoms with van der Waals surface area (Å²) >= 11 is 5.82. The molecule has 0 bridgehead atoms. The molecular formula is C19H22ClNO2. The van der Waals surface area contributed by atoms with Gasteiger partial charge in [-0.15, -0.1) is 0 Å². The lowest BCUT2D eigenvalue weighted by molar-refractivity contribution is -0.120. The molecule has 0 unspecified atom stereocenters. The van der Waals surface area contributed by atoms with Gasteiger partial charge in [0.15, 0.2) is 6.61 Å². The Morgan fingerprint density at radius 1 is 1.09 bits per heavy atom. The van der Waals surface area contributed by atoms with E-state index in [0.717, 1.165) is 12.1 Å². The van der Waals surface area contributed by atoms with E-state index in [1.165, 1.54) is 18.4 Å². The summed E-state index contributed by atoms with van der Waals surface area (Å²) in [5.41, 5.74) is 2.17. The second kappa shape index (κ2) is 8.59. The fraction of sp³-hybridized carbons (Fsp3) is 0.316. The minimum atomic E-state index is -0.0961. The summed E-state index contributed by atoms with van der Waals surface area (Å²) in [6.07, 6.45) is 3.44. The van der Waals surface area contributed by atoms with E-state index < -0.39 is 0 Å². The van der Waals surface area contributed by atoms with Crippen molar-refractivity contribution in [3.8, 4) is 5.75 Å². The first-order chi connectivity index (χ1) is 11.1. The van der Waals surface area contributed by atoms with Crippen molar-refractivity contribution in [2.75, 3.05) is 18.6 Å². The molecule has 3 nitrogen and oxygen atoms in total. The summed E-state index contributed by atoms with van der Waals surface area (Å²) in [4.78, 5) is 13.8. The number of benzene rings is 2. The van der Waals surface area contributed by atoms with Crippen molar-refractivity contribution >= 4 is 23.2 Å². The van der Waals surface area contributed by atoms with Crippen LogP contribution in [0.2, 0.25) is 5.02 Å². The maximum Gasteiger partial charge on any atom is 0.264 e. The van der Waals surface area contributed by atoms with E-state index in [2.05, 4.69) is 19.1 Å². The molecular weight excluding hydrogens is 310 g/mol. The highest BCUT2D eigenvalue weighted by Crippen LogP contribution is 2.17. The van der Waals surface area contributed by atoms with E-state index in [-0.39, 0.29) is 12.5 Å². The second-order valence-electron chi connectivity index (χ2n) is 5.47. The molecule has 0 aliphatic heterocycles. The number of ether oxygens (including phenoxy) is 1. The van der Waals surface area contributed by atoms with Crippen LogP contribution in [0, 0.1) is 0 Å². The zero-order valence-electron chi connectivity index (χ0n) is 13.6. The van der Waals surface area contributed by atoms with Crippen LogP contribution in [0.1, 0.15) is 25.3 Å². The van der Waals surface area contributed by atoms with Crippen molar-refractivity contribution in [3.63, 3.8) is 0 Å². The Hall–Kier alpha value is -2.00. The molecule has 23 heavy (non-hydrogen) atoms. The number of nitrogens with zero attached hydrogens (tertiary/aromatic N) is 1. The van der Waals surface area contributed by atoms with Gasteiger partial charge in [0.25, 0.3) is 5.91 Å². The van der Waals surface area contributed by atoms with Crippen molar-refractivity contribution in [3.05, 3.63) is 59.1 Å². The van der Waals surface area contributed by atoms with Crippen molar-refractivity contribution in [2.45, 2.75) is 26.2 Å². The Morgan fingerprint density at radius 3 is 2.35 bits per heavy atom. The second-order valence-corrected chi connectivity index (χ2v) is 5.90. The summed E-state index contributed by atoms with van der Waals surface area (Å²) in [5.74, 6) is 0.535. The first-order valence-electron chi connectivity index (χ1n) is 7.84. The minimum Gasteiger partial charge on any atom is -0.484 e. The molecule has 1 amide bonds. The average Bonchev–Trinajstić information content (AvgIpc) is 2.59. The molecule has 4 heteroatoms. The quantitative estimate of drug-likeness (QED) is 0.734. The van der Waals surface area contributed by atoms with E-state index in [9.17, 15) is 4.79 Å². The van der Waals surface area contributed by atoms with Crippen molar-refractivity contribution in [2.24, 2.45) is 0 Å². The summed E-state index contributed by atoms with van der Waals surface area (Å²) in [5, 5.41) is 0.643. The highest BCUT2D eigenvalue weighted by molar-refractivity contribution is 6.30. The van der Waals surface area contributed by atoms with Crippen LogP contribution >= 0.6 is 11.6 Å². The lowest BCUT2D eigenvalue weighted by atomic mass is 10.1. The van der Waals surface area contributed by atoms with Crippen LogP contribution in [-0.2, 0) is 11.2 Å². The maximum absolute atomic E-state index is 12.2. The Kier molecular flexibility index (Phi) is 6.48. The molecule has 0 atom stereocenters. The highest BCUT2D eigenvalue weighted by Gasteiger charge is 2.11. The van der Waals surface area contributed by atoms with Crippen LogP contribution in [-0.4, -0.2) is 19.6 Å². The van der Waals surface area contributed by atoms with Crippen molar-refractivity contribution in [1.29, 1.82) is 0 Å². The van der Waals surface area contributed by atoms with E-state index in [0.29, 0.717) is 10.8 Å². The average molecular weight is 332 g/mol. The molecule has 0 heterocycles. The zero-order chi connectivity index (χ0) is 16.7. The molecule has 0 saturated heterocycles. The normalized spacial score (nSPS) is 10.4. The van der Waals surface area contributed by atoms with Crippen LogP contribution in [0.15, 0.2) is 48.5 Å². The van der Waals surface area contributed by atoms with Crippen molar-refractivity contribution in [1.82, 2.24) is 0 Å². The summed E-state index contributed by atoms with van der Waals surface area (Å²) in [6, 6.07) is 15.1. The number of aryl methyl sites for hydroxylation is 1. The Labute approximate surface area is 142 Å². The van der Waals surface area contributed by atoms with E-state index >= 15 is 0 Å². The van der Waals surface area contributed by atoms with Crippen molar-refractivity contribution < 1.29 is 9.53 Å². The number of hydrogen-bond acceptors (Lipinski definition) is 2. The molecule has 2 aromatic rings. The van der Waals surface area contributed by atoms with Crippen LogP contribution in [0.4, 0.5) is 5.69 Å². The molecule has 0 aliphatic carbocycles. The summed E-state index contributed by atoms with van der Waals surface area (Å²) < 4.78 is 5.49. The van der Waals surface area contributed by atoms with Gasteiger partial charge in [0, 0.05) is 17.8 Å². The molecule has 2 aromatic carbocycles. The SMILES string of the molecule is CCCCc1ccc(N(C)C(=O)COc2ccc(Cl)cc2)cc1. The Bertz CT molecular complexity index is 623. The van der Waals surface area contributed by atoms with Crippen LogP contribution in [0.3, 0.4) is 0 Å². The number of unbranched alkanes of at least 4 members (excludes halogenated alkanes) is 1. The monoisotopic (exact) mass is 331 g/mol. The Balaban J connectivity index is 1.89. The molecule has 0 spiro atoms. The highest BCUT2D eigenvalue weighted by atomic mass is 35.5. The number of likely N-dealkylation sites (N-methyl/N-ethyl adjacent to an activating group) is 1. The third kappa shape index (κ3) is 5.29. The molecule has 2 rings (SSSR count). The number of carbonyl (C=O) groups excluding carboxylic acids is 1. The minimum absolute atomic E-state index is 0.00425. The molecule has 0 aliphatic rings. The predicted molar refractivity (Wildman–Crippen MR) is 95.4 cm³/mol. The first kappa shape index (κ1) is 17.4. The van der Waals surface area contributed by atoms with Crippen LogP contribution in [0.25, 0.3) is 0 Å². The molecule has 0 fully saturated rings. The van der Waals surface area contributed by atoms with Crippen LogP contribution < -0.4 is 9.64 Å². The van der Waals surface area contributed by atoms with Gasteiger partial charge in [-0.3, -0.25) is 4.79 Å². The maximum atomic E-state index is 12.2. The number of amides is 1. The van der Waals surface area contributed by atoms with Gasteiger partial charge >= 0.3 is 0 Å². The Morgan fingerprint density at radius 2 is 1.74 bits per heavy atom. The third-order valence-electron chi connectivity index (χ3n) is 3.69. The van der Waals surface area contributed by atoms with Gasteiger partial charge in [0.2, 0.25) is 0 Å². The molecule has 0 radical (unpaired) electrons. The number of carbonyl (C=O) groups is 1. The lowest BCUT2D eigenvalue weighted by Gasteiger charge is -2.18. The molecule has 0 N–H and O–H groups in total. The van der Waals surface area contributed by atoms with Gasteiger partial charge in [-0.05, 0) is 54.8 Å². The smallest absolute Gasteiger partial charge is 0.264 e. The zero-order valence-corrected chi connectivity index (χ0v) is 14.3. The van der Waals surface area contributed by atoms with Gasteiger partial charge in [-0.2, -0.15) is 0 Å². The van der Waals surface area contributed by atoms with Gasteiger partial charge in [-0.1, -0.05) is 37.1 Å². The molecule has 0 aromatic heterocycles. The number of rotatable bonds is 7. The summed E-state index contributed by atoms with van der Waals surface area (Å²) in [7, 11) is 1.76. The fourth-order valence-corrected chi connectivity index (χ4v) is 2.31. The van der Waals surface area contributed by atoms with Gasteiger partial charge in [0.1, 0.15) is 5.75 Å². The molecule has 122 valence electrons. The van der Waals surface area contributed by atoms with Crippen LogP contribution in [0.5, 0.6) is 5.75 Å². The topological polar surface area (TPSA) is 29.5 Å². The van der Waals surface area contributed by atoms with E-state index in [1.807, 2.05) is 12.1 Å². The molecule has 0 saturated carbocycles. The number of anilines is 1. The third-order valence-corrected chi connectivity index (χ3v) is 3.94. The van der Waals surface area contributed by atoms with E-state index in [4.69, 9.17) is 16.3 Å². The number of halogens is 1. The fourth-order valence-electron chi connectivity index (χ4n) is 2.18. The number of hydrogen-bond donors (Lipinski definition) is 0. The van der Waals surface area contributed by atoms with E-state index in [1.54, 1.807) is 36.2 Å².